The lowest BCUT2D eigenvalue weighted by atomic mass is 10.1. The molecule has 1 aliphatic heterocycles. The number of nitrogens with zero attached hydrogens (tertiary/aromatic N) is 2. The van der Waals surface area contributed by atoms with E-state index in [-0.39, 0.29) is 0 Å². The Hall–Kier alpha value is -0.570. The first-order chi connectivity index (χ1) is 4.61. The number of amides is 1. The quantitative estimate of drug-likeness (QED) is 0.392. The zero-order valence-electron chi connectivity index (χ0n) is 5.97. The number of hydrogen-bond acceptors (Lipinski definition) is 2. The van der Waals surface area contributed by atoms with Crippen molar-refractivity contribution in [3.63, 3.8) is 0 Å². The summed E-state index contributed by atoms with van der Waals surface area (Å²) in [6.45, 7) is 4.53. The van der Waals surface area contributed by atoms with Crippen molar-refractivity contribution >= 4 is 22.7 Å². The fourth-order valence-corrected chi connectivity index (χ4v) is 0.939. The maximum absolute atomic E-state index is 10.5. The first-order valence-corrected chi connectivity index (χ1v) is 3.51. The van der Waals surface area contributed by atoms with Gasteiger partial charge in [0.25, 0.3) is 0 Å². The van der Waals surface area contributed by atoms with Crippen molar-refractivity contribution < 1.29 is 4.79 Å². The Balaban J connectivity index is 2.65. The maximum atomic E-state index is 10.5. The van der Waals surface area contributed by atoms with Gasteiger partial charge in [0.15, 0.2) is 0 Å². The highest BCUT2D eigenvalue weighted by molar-refractivity contribution is 6.62. The Morgan fingerprint density at radius 1 is 1.90 bits per heavy atom. The third-order valence-electron chi connectivity index (χ3n) is 1.64. The maximum Gasteiger partial charge on any atom is 0.336 e. The van der Waals surface area contributed by atoms with Crippen LogP contribution in [0.3, 0.4) is 0 Å². The zero-order valence-corrected chi connectivity index (χ0v) is 6.72. The second-order valence-corrected chi connectivity index (χ2v) is 2.80. The van der Waals surface area contributed by atoms with E-state index in [1.54, 1.807) is 0 Å². The average Bonchev–Trinajstić information content (AvgIpc) is 2.13. The molecule has 1 amide bonds. The molecule has 0 aromatic carbocycles. The number of carbonyl (C=O) groups excluding carboxylic acids is 1. The molecule has 0 bridgehead atoms. The molecule has 1 unspecified atom stereocenters. The Morgan fingerprint density at radius 3 is 2.70 bits per heavy atom. The minimum Gasteiger partial charge on any atom is -0.253 e. The van der Waals surface area contributed by atoms with Crippen molar-refractivity contribution in [2.24, 2.45) is 11.0 Å². The second-order valence-electron chi connectivity index (χ2n) is 2.48. The summed E-state index contributed by atoms with van der Waals surface area (Å²) < 4.78 is 0. The smallest absolute Gasteiger partial charge is 0.253 e. The Bertz CT molecular complexity index is 190. The van der Waals surface area contributed by atoms with Crippen molar-refractivity contribution in [2.75, 3.05) is 6.54 Å². The molecular weight excluding hydrogens is 152 g/mol. The predicted molar refractivity (Wildman–Crippen MR) is 40.2 cm³/mol. The highest BCUT2D eigenvalue weighted by Gasteiger charge is 2.22. The van der Waals surface area contributed by atoms with E-state index in [1.807, 2.05) is 13.8 Å². The molecule has 0 saturated heterocycles. The van der Waals surface area contributed by atoms with Gasteiger partial charge in [-0.15, -0.1) is 0 Å². The highest BCUT2D eigenvalue weighted by atomic mass is 35.5. The van der Waals surface area contributed by atoms with E-state index in [4.69, 9.17) is 11.6 Å². The fraction of sp³-hybridized carbons (Fsp3) is 0.667. The highest BCUT2D eigenvalue weighted by Crippen LogP contribution is 2.13. The zero-order chi connectivity index (χ0) is 7.72. The Labute approximate surface area is 64.6 Å². The van der Waals surface area contributed by atoms with Crippen molar-refractivity contribution in [1.82, 2.24) is 5.01 Å². The molecule has 0 radical (unpaired) electrons. The van der Waals surface area contributed by atoms with Crippen LogP contribution in [0.1, 0.15) is 13.8 Å². The lowest BCUT2D eigenvalue weighted by Crippen LogP contribution is -2.19. The summed E-state index contributed by atoms with van der Waals surface area (Å²) in [5.74, 6) is 0.350. The molecule has 0 fully saturated rings. The monoisotopic (exact) mass is 160 g/mol. The van der Waals surface area contributed by atoms with Crippen molar-refractivity contribution in [2.45, 2.75) is 13.8 Å². The molecule has 10 heavy (non-hydrogen) atoms. The van der Waals surface area contributed by atoms with Crippen LogP contribution in [0.2, 0.25) is 0 Å². The van der Waals surface area contributed by atoms with Crippen molar-refractivity contribution in [1.29, 1.82) is 0 Å². The molecule has 1 rings (SSSR count). The molecule has 1 aliphatic rings. The van der Waals surface area contributed by atoms with Crippen molar-refractivity contribution in [3.8, 4) is 0 Å². The summed E-state index contributed by atoms with van der Waals surface area (Å²) in [4.78, 5) is 10.5. The van der Waals surface area contributed by atoms with Gasteiger partial charge < -0.3 is 0 Å². The third kappa shape index (κ3) is 1.29. The van der Waals surface area contributed by atoms with Crippen LogP contribution in [0, 0.1) is 5.92 Å². The van der Waals surface area contributed by atoms with Gasteiger partial charge in [-0.2, -0.15) is 5.10 Å². The molecule has 3 nitrogen and oxygen atoms in total. The summed E-state index contributed by atoms with van der Waals surface area (Å²) in [6.07, 6.45) is 0. The van der Waals surface area contributed by atoms with Gasteiger partial charge in [0.2, 0.25) is 0 Å². The predicted octanol–water partition coefficient (Wildman–Crippen LogP) is 1.67. The lowest BCUT2D eigenvalue weighted by molar-refractivity contribution is 0.226. The lowest BCUT2D eigenvalue weighted by Gasteiger charge is -2.05. The first kappa shape index (κ1) is 7.54. The van der Waals surface area contributed by atoms with E-state index in [0.29, 0.717) is 12.5 Å². The van der Waals surface area contributed by atoms with Crippen LogP contribution in [0.5, 0.6) is 0 Å². The molecule has 0 aliphatic carbocycles. The SMILES string of the molecule is CC1=NN(C(=O)Cl)CC1C. The van der Waals surface area contributed by atoms with Gasteiger partial charge >= 0.3 is 5.37 Å². The van der Waals surface area contributed by atoms with E-state index in [1.165, 1.54) is 5.01 Å². The minimum atomic E-state index is -0.497. The van der Waals surface area contributed by atoms with Crippen LogP contribution in [0.25, 0.3) is 0 Å². The molecule has 0 spiro atoms. The molecule has 0 aromatic rings. The first-order valence-electron chi connectivity index (χ1n) is 3.13. The Morgan fingerprint density at radius 2 is 2.50 bits per heavy atom. The normalized spacial score (nSPS) is 24.9. The number of halogens is 1. The summed E-state index contributed by atoms with van der Waals surface area (Å²) in [5.41, 5.74) is 0.967. The van der Waals surface area contributed by atoms with Crippen LogP contribution >= 0.6 is 11.6 Å². The van der Waals surface area contributed by atoms with E-state index >= 15 is 0 Å². The molecule has 0 N–H and O–H groups in total. The summed E-state index contributed by atoms with van der Waals surface area (Å²) in [7, 11) is 0. The molecule has 1 atom stereocenters. The van der Waals surface area contributed by atoms with Crippen LogP contribution in [-0.2, 0) is 0 Å². The topological polar surface area (TPSA) is 32.7 Å². The molecule has 4 heteroatoms. The molecule has 0 saturated carbocycles. The summed E-state index contributed by atoms with van der Waals surface area (Å²) >= 11 is 5.19. The molecule has 1 heterocycles. The van der Waals surface area contributed by atoms with Gasteiger partial charge in [0.1, 0.15) is 0 Å². The second kappa shape index (κ2) is 2.58. The molecule has 0 aromatic heterocycles. The van der Waals surface area contributed by atoms with Gasteiger partial charge in [-0.3, -0.25) is 4.79 Å². The largest absolute Gasteiger partial charge is 0.336 e. The van der Waals surface area contributed by atoms with Gasteiger partial charge in [-0.05, 0) is 18.5 Å². The van der Waals surface area contributed by atoms with Crippen LogP contribution in [0.4, 0.5) is 4.79 Å². The third-order valence-corrected chi connectivity index (χ3v) is 1.84. The van der Waals surface area contributed by atoms with E-state index in [9.17, 15) is 4.79 Å². The van der Waals surface area contributed by atoms with Crippen LogP contribution < -0.4 is 0 Å². The van der Waals surface area contributed by atoms with Crippen LogP contribution in [-0.4, -0.2) is 22.6 Å². The standard InChI is InChI=1S/C6H9ClN2O/c1-4-3-9(6(7)10)8-5(4)2/h4H,3H2,1-2H3. The summed E-state index contributed by atoms with van der Waals surface area (Å²) in [6, 6.07) is 0. The van der Waals surface area contributed by atoms with Gasteiger partial charge in [-0.25, -0.2) is 5.01 Å². The fourth-order valence-electron chi connectivity index (χ4n) is 0.832. The number of hydrogen-bond donors (Lipinski definition) is 0. The van der Waals surface area contributed by atoms with E-state index in [0.717, 1.165) is 5.71 Å². The van der Waals surface area contributed by atoms with Gasteiger partial charge in [0.05, 0.1) is 6.54 Å². The van der Waals surface area contributed by atoms with Crippen LogP contribution in [0.15, 0.2) is 5.10 Å². The minimum absolute atomic E-state index is 0.350. The number of carbonyl (C=O) groups is 1. The average molecular weight is 161 g/mol. The van der Waals surface area contributed by atoms with E-state index < -0.39 is 5.37 Å². The van der Waals surface area contributed by atoms with Crippen molar-refractivity contribution in [3.05, 3.63) is 0 Å². The summed E-state index contributed by atoms with van der Waals surface area (Å²) in [5, 5.41) is 4.72. The van der Waals surface area contributed by atoms with Gasteiger partial charge in [-0.1, -0.05) is 6.92 Å². The number of hydrazone groups is 1. The Kier molecular flexibility index (Phi) is 1.94. The van der Waals surface area contributed by atoms with E-state index in [2.05, 4.69) is 5.10 Å². The van der Waals surface area contributed by atoms with Gasteiger partial charge in [0, 0.05) is 11.6 Å². The molecule has 56 valence electrons. The number of rotatable bonds is 0. The molecular formula is C6H9ClN2O.